The maximum absolute atomic E-state index is 11.8. The number of aryl methyl sites for hydroxylation is 1. The van der Waals surface area contributed by atoms with Gasteiger partial charge < -0.3 is 15.6 Å². The van der Waals surface area contributed by atoms with Crippen molar-refractivity contribution in [2.24, 2.45) is 0 Å². The molecule has 2 rings (SSSR count). The third kappa shape index (κ3) is 2.85. The molecule has 0 fully saturated rings. The van der Waals surface area contributed by atoms with Gasteiger partial charge in [-0.1, -0.05) is 11.2 Å². The Morgan fingerprint density at radius 1 is 1.50 bits per heavy atom. The fourth-order valence-electron chi connectivity index (χ4n) is 1.47. The monoisotopic (exact) mass is 246 g/mol. The van der Waals surface area contributed by atoms with Crippen LogP contribution in [0.15, 0.2) is 29.0 Å². The molecule has 0 bridgehead atoms. The smallest absolute Gasteiger partial charge is 0.251 e. The zero-order chi connectivity index (χ0) is 13.0. The molecule has 0 saturated carbocycles. The number of nitrogens with one attached hydrogen (secondary N) is 1. The highest BCUT2D eigenvalue weighted by Gasteiger charge is 2.07. The summed E-state index contributed by atoms with van der Waals surface area (Å²) < 4.78 is 4.82. The predicted octanol–water partition coefficient (Wildman–Crippen LogP) is 0.933. The lowest BCUT2D eigenvalue weighted by Crippen LogP contribution is -2.25. The van der Waals surface area contributed by atoms with Gasteiger partial charge in [0.15, 0.2) is 6.33 Å². The van der Waals surface area contributed by atoms with Crippen molar-refractivity contribution in [3.8, 4) is 0 Å². The number of benzene rings is 1. The average Bonchev–Trinajstić information content (AvgIpc) is 2.85. The predicted molar refractivity (Wildman–Crippen MR) is 65.9 cm³/mol. The number of rotatable bonds is 4. The summed E-state index contributed by atoms with van der Waals surface area (Å²) in [4.78, 5) is 15.7. The third-order valence-corrected chi connectivity index (χ3v) is 2.57. The lowest BCUT2D eigenvalue weighted by molar-refractivity contribution is 0.0953. The Bertz CT molecular complexity index is 537. The maximum atomic E-state index is 11.8. The molecule has 0 spiro atoms. The fourth-order valence-corrected chi connectivity index (χ4v) is 1.47. The van der Waals surface area contributed by atoms with E-state index in [0.717, 1.165) is 5.56 Å². The van der Waals surface area contributed by atoms with Gasteiger partial charge in [-0.25, -0.2) is 0 Å². The van der Waals surface area contributed by atoms with Crippen LogP contribution in [0.1, 0.15) is 21.8 Å². The zero-order valence-electron chi connectivity index (χ0n) is 10.0. The first kappa shape index (κ1) is 12.1. The van der Waals surface area contributed by atoms with Crippen molar-refractivity contribution in [1.29, 1.82) is 0 Å². The molecule has 0 unspecified atom stereocenters. The van der Waals surface area contributed by atoms with Gasteiger partial charge in [-0.3, -0.25) is 4.79 Å². The summed E-state index contributed by atoms with van der Waals surface area (Å²) in [5.41, 5.74) is 7.86. The van der Waals surface area contributed by atoms with Gasteiger partial charge in [-0.05, 0) is 24.6 Å². The number of nitrogens with zero attached hydrogens (tertiary/aromatic N) is 2. The van der Waals surface area contributed by atoms with Crippen LogP contribution in [0.2, 0.25) is 0 Å². The van der Waals surface area contributed by atoms with Crippen LogP contribution in [0.4, 0.5) is 5.69 Å². The Hall–Kier alpha value is -2.37. The first-order chi connectivity index (χ1) is 8.66. The molecule has 3 N–H and O–H groups in total. The molecule has 2 aromatic rings. The van der Waals surface area contributed by atoms with Crippen LogP contribution in [-0.4, -0.2) is 22.6 Å². The number of nitrogen functional groups attached to an aromatic ring is 1. The van der Waals surface area contributed by atoms with Gasteiger partial charge in [0.2, 0.25) is 5.89 Å². The van der Waals surface area contributed by atoms with Crippen molar-refractivity contribution in [2.75, 3.05) is 12.3 Å². The molecule has 6 nitrogen and oxygen atoms in total. The van der Waals surface area contributed by atoms with Crippen LogP contribution in [0.3, 0.4) is 0 Å². The van der Waals surface area contributed by atoms with Gasteiger partial charge in [0.1, 0.15) is 0 Å². The van der Waals surface area contributed by atoms with Crippen molar-refractivity contribution in [2.45, 2.75) is 13.3 Å². The van der Waals surface area contributed by atoms with Gasteiger partial charge in [0.05, 0.1) is 0 Å². The van der Waals surface area contributed by atoms with Gasteiger partial charge in [0.25, 0.3) is 5.91 Å². The number of aromatic nitrogens is 2. The molecule has 0 aliphatic rings. The third-order valence-electron chi connectivity index (χ3n) is 2.57. The van der Waals surface area contributed by atoms with E-state index in [4.69, 9.17) is 10.3 Å². The molecule has 1 aromatic carbocycles. The standard InChI is InChI=1S/C12H14N4O2/c1-8-2-3-9(6-10(8)13)12(17)14-5-4-11-15-7-16-18-11/h2-3,6-7H,4-5,13H2,1H3,(H,14,17). The van der Waals surface area contributed by atoms with Gasteiger partial charge in [-0.2, -0.15) is 4.98 Å². The minimum absolute atomic E-state index is 0.166. The number of hydrogen-bond donors (Lipinski definition) is 2. The highest BCUT2D eigenvalue weighted by molar-refractivity contribution is 5.95. The quantitative estimate of drug-likeness (QED) is 0.783. The van der Waals surface area contributed by atoms with Gasteiger partial charge >= 0.3 is 0 Å². The summed E-state index contributed by atoms with van der Waals surface area (Å²) >= 11 is 0. The SMILES string of the molecule is Cc1ccc(C(=O)NCCc2ncno2)cc1N. The molecule has 1 heterocycles. The van der Waals surface area contributed by atoms with E-state index in [0.29, 0.717) is 30.1 Å². The van der Waals surface area contributed by atoms with E-state index in [9.17, 15) is 4.79 Å². The van der Waals surface area contributed by atoms with Crippen molar-refractivity contribution < 1.29 is 9.32 Å². The number of carbonyl (C=O) groups excluding carboxylic acids is 1. The molecule has 0 atom stereocenters. The van der Waals surface area contributed by atoms with Crippen LogP contribution in [0.5, 0.6) is 0 Å². The Balaban J connectivity index is 1.89. The first-order valence-electron chi connectivity index (χ1n) is 5.56. The van der Waals surface area contributed by atoms with E-state index in [1.165, 1.54) is 6.33 Å². The van der Waals surface area contributed by atoms with Crippen LogP contribution >= 0.6 is 0 Å². The van der Waals surface area contributed by atoms with E-state index in [-0.39, 0.29) is 5.91 Å². The molecular weight excluding hydrogens is 232 g/mol. The van der Waals surface area contributed by atoms with Crippen LogP contribution < -0.4 is 11.1 Å². The average molecular weight is 246 g/mol. The topological polar surface area (TPSA) is 94.0 Å². The summed E-state index contributed by atoms with van der Waals surface area (Å²) in [6, 6.07) is 5.23. The first-order valence-corrected chi connectivity index (χ1v) is 5.56. The van der Waals surface area contributed by atoms with Crippen molar-refractivity contribution in [3.63, 3.8) is 0 Å². The molecule has 1 aromatic heterocycles. The molecule has 0 radical (unpaired) electrons. The highest BCUT2D eigenvalue weighted by Crippen LogP contribution is 2.12. The van der Waals surface area contributed by atoms with E-state index >= 15 is 0 Å². The lowest BCUT2D eigenvalue weighted by atomic mass is 10.1. The minimum atomic E-state index is -0.166. The molecular formula is C12H14N4O2. The Kier molecular flexibility index (Phi) is 3.57. The molecule has 18 heavy (non-hydrogen) atoms. The molecule has 0 aliphatic heterocycles. The van der Waals surface area contributed by atoms with Gasteiger partial charge in [-0.15, -0.1) is 0 Å². The normalized spacial score (nSPS) is 10.3. The summed E-state index contributed by atoms with van der Waals surface area (Å²) in [7, 11) is 0. The van der Waals surface area contributed by atoms with Crippen molar-refractivity contribution in [1.82, 2.24) is 15.5 Å². The van der Waals surface area contributed by atoms with Crippen LogP contribution in [0.25, 0.3) is 0 Å². The van der Waals surface area contributed by atoms with Crippen LogP contribution in [0, 0.1) is 6.92 Å². The second kappa shape index (κ2) is 5.31. The highest BCUT2D eigenvalue weighted by atomic mass is 16.5. The summed E-state index contributed by atoms with van der Waals surface area (Å²) in [6.07, 6.45) is 1.84. The van der Waals surface area contributed by atoms with Crippen molar-refractivity contribution >= 4 is 11.6 Å². The van der Waals surface area contributed by atoms with E-state index in [2.05, 4.69) is 15.5 Å². The lowest BCUT2D eigenvalue weighted by Gasteiger charge is -2.05. The fraction of sp³-hybridized carbons (Fsp3) is 0.250. The van der Waals surface area contributed by atoms with Crippen molar-refractivity contribution in [3.05, 3.63) is 41.5 Å². The molecule has 1 amide bonds. The Morgan fingerprint density at radius 2 is 2.33 bits per heavy atom. The Morgan fingerprint density at radius 3 is 3.00 bits per heavy atom. The van der Waals surface area contributed by atoms with E-state index < -0.39 is 0 Å². The Labute approximate surface area is 104 Å². The molecule has 0 aliphatic carbocycles. The number of amides is 1. The second-order valence-corrected chi connectivity index (χ2v) is 3.91. The summed E-state index contributed by atoms with van der Waals surface area (Å²) in [5, 5.41) is 6.25. The molecule has 6 heteroatoms. The molecule has 0 saturated heterocycles. The maximum Gasteiger partial charge on any atom is 0.251 e. The largest absolute Gasteiger partial charge is 0.398 e. The number of carbonyl (C=O) groups is 1. The molecule has 94 valence electrons. The summed E-state index contributed by atoms with van der Waals surface area (Å²) in [6.45, 7) is 2.33. The second-order valence-electron chi connectivity index (χ2n) is 3.91. The number of anilines is 1. The van der Waals surface area contributed by atoms with E-state index in [1.807, 2.05) is 13.0 Å². The number of nitrogens with two attached hydrogens (primary N) is 1. The zero-order valence-corrected chi connectivity index (χ0v) is 10.0. The number of hydrogen-bond acceptors (Lipinski definition) is 5. The van der Waals surface area contributed by atoms with Gasteiger partial charge in [0, 0.05) is 24.2 Å². The minimum Gasteiger partial charge on any atom is -0.398 e. The van der Waals surface area contributed by atoms with E-state index in [1.54, 1.807) is 12.1 Å². The summed E-state index contributed by atoms with van der Waals surface area (Å²) in [5.74, 6) is 0.333. The van der Waals surface area contributed by atoms with Crippen LogP contribution in [-0.2, 0) is 6.42 Å².